The Balaban J connectivity index is 2.03. The summed E-state index contributed by atoms with van der Waals surface area (Å²) in [7, 11) is 0. The average molecular weight is 287 g/mol. The third kappa shape index (κ3) is 3.52. The first-order valence-electron chi connectivity index (χ1n) is 5.79. The number of anilines is 1. The SMILES string of the molecule is Cc1nc(NC(=O)/C=C/c2ccccc2)sc1C(=O)[O-]. The number of carboxylic acids is 1. The maximum Gasteiger partial charge on any atom is 0.250 e. The minimum Gasteiger partial charge on any atom is -0.544 e. The van der Waals surface area contributed by atoms with Crippen molar-refractivity contribution in [1.29, 1.82) is 0 Å². The first-order chi connectivity index (χ1) is 9.56. The largest absolute Gasteiger partial charge is 0.544 e. The van der Waals surface area contributed by atoms with E-state index in [9.17, 15) is 14.7 Å². The van der Waals surface area contributed by atoms with Crippen LogP contribution in [0.1, 0.15) is 20.9 Å². The fraction of sp³-hybridized carbons (Fsp3) is 0.0714. The molecular formula is C14H11N2O3S-. The summed E-state index contributed by atoms with van der Waals surface area (Å²) in [5.41, 5.74) is 1.23. The summed E-state index contributed by atoms with van der Waals surface area (Å²) < 4.78 is 0. The molecule has 0 radical (unpaired) electrons. The molecule has 0 aliphatic carbocycles. The smallest absolute Gasteiger partial charge is 0.250 e. The Morgan fingerprint density at radius 2 is 2.00 bits per heavy atom. The van der Waals surface area contributed by atoms with Gasteiger partial charge in [-0.05, 0) is 18.6 Å². The highest BCUT2D eigenvalue weighted by Crippen LogP contribution is 2.21. The average Bonchev–Trinajstić information content (AvgIpc) is 2.78. The Bertz CT molecular complexity index is 662. The summed E-state index contributed by atoms with van der Waals surface area (Å²) in [5.74, 6) is -1.66. The minimum absolute atomic E-state index is 0.0207. The van der Waals surface area contributed by atoms with Gasteiger partial charge in [0.1, 0.15) is 0 Å². The second-order valence-electron chi connectivity index (χ2n) is 3.95. The lowest BCUT2D eigenvalue weighted by molar-refractivity contribution is -0.254. The van der Waals surface area contributed by atoms with Crippen molar-refractivity contribution >= 4 is 34.4 Å². The molecule has 0 unspecified atom stereocenters. The van der Waals surface area contributed by atoms with E-state index in [2.05, 4.69) is 10.3 Å². The highest BCUT2D eigenvalue weighted by molar-refractivity contribution is 7.17. The zero-order valence-electron chi connectivity index (χ0n) is 10.6. The predicted octanol–water partition coefficient (Wildman–Crippen LogP) is 1.47. The van der Waals surface area contributed by atoms with Crippen molar-refractivity contribution in [1.82, 2.24) is 4.98 Å². The van der Waals surface area contributed by atoms with Gasteiger partial charge in [-0.25, -0.2) is 4.98 Å². The molecule has 0 fully saturated rings. The van der Waals surface area contributed by atoms with Crippen LogP contribution in [0.4, 0.5) is 5.13 Å². The van der Waals surface area contributed by atoms with Gasteiger partial charge >= 0.3 is 0 Å². The van der Waals surface area contributed by atoms with Crippen molar-refractivity contribution in [2.45, 2.75) is 6.92 Å². The molecule has 0 aliphatic heterocycles. The normalized spacial score (nSPS) is 10.7. The molecule has 0 bridgehead atoms. The second kappa shape index (κ2) is 6.12. The molecule has 102 valence electrons. The van der Waals surface area contributed by atoms with Crippen LogP contribution in [-0.2, 0) is 4.79 Å². The van der Waals surface area contributed by atoms with Gasteiger partial charge in [0.15, 0.2) is 5.13 Å². The fourth-order valence-corrected chi connectivity index (χ4v) is 2.33. The summed E-state index contributed by atoms with van der Waals surface area (Å²) in [4.78, 5) is 26.4. The number of amides is 1. The van der Waals surface area contributed by atoms with Gasteiger partial charge in [-0.1, -0.05) is 41.7 Å². The molecule has 1 N–H and O–H groups in total. The summed E-state index contributed by atoms with van der Waals surface area (Å²) in [6.45, 7) is 1.55. The van der Waals surface area contributed by atoms with Gasteiger partial charge in [0.2, 0.25) is 5.91 Å². The van der Waals surface area contributed by atoms with E-state index in [1.807, 2.05) is 30.3 Å². The van der Waals surface area contributed by atoms with Crippen LogP contribution in [0.2, 0.25) is 0 Å². The maximum absolute atomic E-state index is 11.7. The lowest BCUT2D eigenvalue weighted by Crippen LogP contribution is -2.21. The van der Waals surface area contributed by atoms with Crippen molar-refractivity contribution < 1.29 is 14.7 Å². The van der Waals surface area contributed by atoms with Gasteiger partial charge < -0.3 is 9.90 Å². The molecule has 1 aromatic heterocycles. The monoisotopic (exact) mass is 287 g/mol. The van der Waals surface area contributed by atoms with Gasteiger partial charge in [-0.15, -0.1) is 0 Å². The van der Waals surface area contributed by atoms with Crippen LogP contribution in [0.5, 0.6) is 0 Å². The number of aromatic carboxylic acids is 1. The zero-order chi connectivity index (χ0) is 14.5. The molecule has 20 heavy (non-hydrogen) atoms. The highest BCUT2D eigenvalue weighted by atomic mass is 32.1. The van der Waals surface area contributed by atoms with E-state index in [0.29, 0.717) is 5.69 Å². The number of carboxylic acid groups (broad SMARTS) is 1. The van der Waals surface area contributed by atoms with Crippen LogP contribution in [0, 0.1) is 6.92 Å². The van der Waals surface area contributed by atoms with E-state index in [4.69, 9.17) is 0 Å². The highest BCUT2D eigenvalue weighted by Gasteiger charge is 2.09. The van der Waals surface area contributed by atoms with E-state index < -0.39 is 5.97 Å². The number of hydrogen-bond acceptors (Lipinski definition) is 5. The van der Waals surface area contributed by atoms with Crippen LogP contribution < -0.4 is 10.4 Å². The van der Waals surface area contributed by atoms with Crippen molar-refractivity contribution in [3.63, 3.8) is 0 Å². The Kier molecular flexibility index (Phi) is 4.27. The van der Waals surface area contributed by atoms with Crippen LogP contribution in [0.15, 0.2) is 36.4 Å². The van der Waals surface area contributed by atoms with E-state index in [-0.39, 0.29) is 15.9 Å². The summed E-state index contributed by atoms with van der Waals surface area (Å²) in [5, 5.41) is 13.5. The number of aryl methyl sites for hydroxylation is 1. The number of rotatable bonds is 4. The molecule has 0 aliphatic rings. The third-order valence-electron chi connectivity index (χ3n) is 2.44. The first kappa shape index (κ1) is 14.0. The fourth-order valence-electron chi connectivity index (χ4n) is 1.52. The summed E-state index contributed by atoms with van der Waals surface area (Å²) in [6.07, 6.45) is 3.03. The van der Waals surface area contributed by atoms with Crippen LogP contribution in [0.3, 0.4) is 0 Å². The number of aromatic nitrogens is 1. The molecular weight excluding hydrogens is 276 g/mol. The van der Waals surface area contributed by atoms with Crippen LogP contribution in [0.25, 0.3) is 6.08 Å². The predicted molar refractivity (Wildman–Crippen MR) is 75.3 cm³/mol. The Morgan fingerprint density at radius 3 is 2.60 bits per heavy atom. The topological polar surface area (TPSA) is 82.1 Å². The van der Waals surface area contributed by atoms with Crippen LogP contribution in [-0.4, -0.2) is 16.9 Å². The van der Waals surface area contributed by atoms with Crippen LogP contribution >= 0.6 is 11.3 Å². The molecule has 0 saturated carbocycles. The molecule has 2 rings (SSSR count). The van der Waals surface area contributed by atoms with Gasteiger partial charge in [-0.2, -0.15) is 0 Å². The van der Waals surface area contributed by atoms with E-state index in [1.165, 1.54) is 6.08 Å². The molecule has 0 spiro atoms. The summed E-state index contributed by atoms with van der Waals surface area (Å²) >= 11 is 0.879. The Hall–Kier alpha value is -2.47. The number of nitrogens with zero attached hydrogens (tertiary/aromatic N) is 1. The second-order valence-corrected chi connectivity index (χ2v) is 4.95. The van der Waals surface area contributed by atoms with Gasteiger partial charge in [0.25, 0.3) is 0 Å². The molecule has 0 saturated heterocycles. The Labute approximate surface area is 119 Å². The van der Waals surface area contributed by atoms with Crippen molar-refractivity contribution in [2.24, 2.45) is 0 Å². The quantitative estimate of drug-likeness (QED) is 0.863. The van der Waals surface area contributed by atoms with Crippen molar-refractivity contribution in [3.05, 3.63) is 52.5 Å². The van der Waals surface area contributed by atoms with Gasteiger partial charge in [0, 0.05) is 6.08 Å². The number of nitrogens with one attached hydrogen (secondary N) is 1. The lowest BCUT2D eigenvalue weighted by atomic mass is 10.2. The van der Waals surface area contributed by atoms with Crippen molar-refractivity contribution in [2.75, 3.05) is 5.32 Å². The zero-order valence-corrected chi connectivity index (χ0v) is 11.4. The number of hydrogen-bond donors (Lipinski definition) is 1. The van der Waals surface area contributed by atoms with Gasteiger partial charge in [-0.3, -0.25) is 10.1 Å². The minimum atomic E-state index is -1.29. The lowest BCUT2D eigenvalue weighted by Gasteiger charge is -1.96. The van der Waals surface area contributed by atoms with Crippen molar-refractivity contribution in [3.8, 4) is 0 Å². The maximum atomic E-state index is 11.7. The molecule has 0 atom stereocenters. The number of carbonyl (C=O) groups excluding carboxylic acids is 2. The molecule has 5 nitrogen and oxygen atoms in total. The molecule has 1 heterocycles. The number of carbonyl (C=O) groups is 2. The third-order valence-corrected chi connectivity index (χ3v) is 3.49. The standard InChI is InChI=1S/C14H12N2O3S/c1-9-12(13(18)19)20-14(15-9)16-11(17)8-7-10-5-3-2-4-6-10/h2-8H,1H3,(H,18,19)(H,15,16,17)/p-1/b8-7+. The number of benzene rings is 1. The molecule has 1 amide bonds. The molecule has 6 heteroatoms. The number of thiazole rings is 1. The first-order valence-corrected chi connectivity index (χ1v) is 6.61. The van der Waals surface area contributed by atoms with Gasteiger partial charge in [0.05, 0.1) is 16.5 Å². The molecule has 1 aromatic carbocycles. The van der Waals surface area contributed by atoms with E-state index >= 15 is 0 Å². The van der Waals surface area contributed by atoms with E-state index in [0.717, 1.165) is 16.9 Å². The van der Waals surface area contributed by atoms with E-state index in [1.54, 1.807) is 13.0 Å². The summed E-state index contributed by atoms with van der Waals surface area (Å²) in [6, 6.07) is 9.36. The Morgan fingerprint density at radius 1 is 1.30 bits per heavy atom. The molecule has 2 aromatic rings.